The summed E-state index contributed by atoms with van der Waals surface area (Å²) in [5, 5.41) is 2.28. The zero-order valence-electron chi connectivity index (χ0n) is 31.7. The summed E-state index contributed by atoms with van der Waals surface area (Å²) in [5.74, 6) is -1.08. The number of sulfone groups is 1. The van der Waals surface area contributed by atoms with E-state index in [-0.39, 0.29) is 66.4 Å². The van der Waals surface area contributed by atoms with Crippen molar-refractivity contribution in [2.75, 3.05) is 77.5 Å². The largest absolute Gasteiger partial charge is 0.453 e. The van der Waals surface area contributed by atoms with E-state index in [1.807, 2.05) is 6.07 Å². The Bertz CT molecular complexity index is 1850. The molecule has 1 N–H and O–H groups in total. The van der Waals surface area contributed by atoms with E-state index in [1.54, 1.807) is 17.0 Å². The Kier molecular flexibility index (Phi) is 11.6. The van der Waals surface area contributed by atoms with Crippen LogP contribution in [0.4, 0.5) is 23.7 Å². The highest BCUT2D eigenvalue weighted by atomic mass is 32.2. The van der Waals surface area contributed by atoms with Crippen molar-refractivity contribution in [3.63, 3.8) is 0 Å². The van der Waals surface area contributed by atoms with Crippen molar-refractivity contribution in [1.82, 2.24) is 20.0 Å². The molecule has 4 aliphatic heterocycles. The predicted octanol–water partition coefficient (Wildman–Crippen LogP) is 5.32. The highest BCUT2D eigenvalue weighted by Gasteiger charge is 2.54. The summed E-state index contributed by atoms with van der Waals surface area (Å²) < 4.78 is 78.6. The number of likely N-dealkylation sites (tertiary alicyclic amines) is 3. The maximum atomic E-state index is 16.3. The number of ether oxygens (including phenoxy) is 1. The Morgan fingerprint density at radius 2 is 1.73 bits per heavy atom. The number of anilines is 1. The molecule has 4 atom stereocenters. The van der Waals surface area contributed by atoms with Gasteiger partial charge in [0.1, 0.15) is 11.6 Å². The number of amides is 2. The molecule has 1 unspecified atom stereocenters. The molecule has 300 valence electrons. The number of nitrogens with zero attached hydrogens (tertiary/aromatic N) is 4. The zero-order valence-corrected chi connectivity index (χ0v) is 32.6. The van der Waals surface area contributed by atoms with Crippen molar-refractivity contribution in [1.29, 1.82) is 0 Å². The molecule has 4 heterocycles. The Hall–Kier alpha value is -3.62. The van der Waals surface area contributed by atoms with Crippen LogP contribution in [-0.4, -0.2) is 125 Å². The number of benzene rings is 2. The minimum absolute atomic E-state index is 0.0116. The van der Waals surface area contributed by atoms with Gasteiger partial charge in [0.15, 0.2) is 15.5 Å². The fourth-order valence-corrected chi connectivity index (χ4v) is 12.1. The van der Waals surface area contributed by atoms with Gasteiger partial charge in [-0.15, -0.1) is 0 Å². The third-order valence-electron chi connectivity index (χ3n) is 13.1. The van der Waals surface area contributed by atoms with Gasteiger partial charge < -0.3 is 24.8 Å². The highest BCUT2D eigenvalue weighted by Crippen LogP contribution is 2.52. The number of methoxy groups -OCH3 is 1. The normalized spacial score (nSPS) is 26.1. The molecule has 55 heavy (non-hydrogen) atoms. The maximum Gasteiger partial charge on any atom is 0.407 e. The molecule has 0 aromatic heterocycles. The summed E-state index contributed by atoms with van der Waals surface area (Å²) >= 11 is 0. The first-order valence-electron chi connectivity index (χ1n) is 19.8. The second kappa shape index (κ2) is 16.1. The number of carbonyl (C=O) groups is 2. The first-order chi connectivity index (χ1) is 26.3. The van der Waals surface area contributed by atoms with E-state index >= 15 is 8.78 Å². The second-order valence-electron chi connectivity index (χ2n) is 16.4. The smallest absolute Gasteiger partial charge is 0.407 e. The molecule has 2 aromatic rings. The molecule has 2 amide bonds. The van der Waals surface area contributed by atoms with Crippen LogP contribution in [0.5, 0.6) is 0 Å². The van der Waals surface area contributed by atoms with Gasteiger partial charge in [0, 0.05) is 37.6 Å². The number of carbonyl (C=O) groups excluding carboxylic acids is 2. The number of halogens is 3. The van der Waals surface area contributed by atoms with E-state index in [4.69, 9.17) is 4.74 Å². The van der Waals surface area contributed by atoms with Crippen LogP contribution in [0.3, 0.4) is 0 Å². The number of rotatable bonds is 12. The second-order valence-corrected chi connectivity index (χ2v) is 18.7. The lowest BCUT2D eigenvalue weighted by Gasteiger charge is -2.54. The molecular formula is C41H54F3N5O5S. The van der Waals surface area contributed by atoms with Gasteiger partial charge in [-0.2, -0.15) is 0 Å². The number of piperidine rings is 2. The molecule has 2 aromatic carbocycles. The highest BCUT2D eigenvalue weighted by molar-refractivity contribution is 7.92. The number of alkyl carbamates (subject to hydrolysis) is 1. The van der Waals surface area contributed by atoms with Gasteiger partial charge in [-0.05, 0) is 125 Å². The van der Waals surface area contributed by atoms with Gasteiger partial charge in [0.25, 0.3) is 0 Å². The van der Waals surface area contributed by atoms with Crippen LogP contribution >= 0.6 is 0 Å². The third-order valence-corrected chi connectivity index (χ3v) is 15.3. The first kappa shape index (κ1) is 39.6. The van der Waals surface area contributed by atoms with Gasteiger partial charge in [0.05, 0.1) is 36.0 Å². The first-order valence-corrected chi connectivity index (χ1v) is 21.3. The Morgan fingerprint density at radius 1 is 0.964 bits per heavy atom. The minimum atomic E-state index is -3.90. The summed E-state index contributed by atoms with van der Waals surface area (Å²) in [7, 11) is -2.53. The van der Waals surface area contributed by atoms with Crippen LogP contribution in [0, 0.1) is 23.5 Å². The molecule has 1 aliphatic carbocycles. The van der Waals surface area contributed by atoms with E-state index in [0.717, 1.165) is 69.8 Å². The molecule has 0 spiro atoms. The lowest BCUT2D eigenvalue weighted by molar-refractivity contribution is -0.126. The molecule has 0 bridgehead atoms. The molecule has 5 aliphatic rings. The van der Waals surface area contributed by atoms with Crippen LogP contribution < -0.4 is 10.2 Å². The van der Waals surface area contributed by atoms with E-state index in [9.17, 15) is 22.4 Å². The van der Waals surface area contributed by atoms with Crippen LogP contribution in [0.2, 0.25) is 0 Å². The van der Waals surface area contributed by atoms with Crippen molar-refractivity contribution in [2.24, 2.45) is 11.8 Å². The summed E-state index contributed by atoms with van der Waals surface area (Å²) in [6.07, 6.45) is 6.98. The van der Waals surface area contributed by atoms with Crippen LogP contribution in [0.25, 0.3) is 0 Å². The Balaban J connectivity index is 1.02. The van der Waals surface area contributed by atoms with Crippen molar-refractivity contribution in [3.05, 3.63) is 72.3 Å². The summed E-state index contributed by atoms with van der Waals surface area (Å²) in [6.45, 7) is 8.20. The molecule has 1 saturated carbocycles. The van der Waals surface area contributed by atoms with Crippen LogP contribution in [-0.2, 0) is 24.8 Å². The van der Waals surface area contributed by atoms with Gasteiger partial charge in [-0.3, -0.25) is 9.69 Å². The maximum absolute atomic E-state index is 16.3. The van der Waals surface area contributed by atoms with Crippen LogP contribution in [0.15, 0.2) is 60.0 Å². The quantitative estimate of drug-likeness (QED) is 0.289. The standard InChI is InChI=1S/C41H54F3N5O5S/c1-3-38(50)48-19-6-10-33(24-48)55(52,53)32-13-14-37(35(43)23-32)49-26-40(44,27-49)25-47-20-15-29(16-21-47)41(28-46-17-7-18-46,30-8-4-9-31(42)22-30)34-11-5-12-36(34)45-39(51)54-2/h3-4,8-9,13-14,22-23,29,33-34,36H,1,5-7,10-12,15-21,24-28H2,2H3,(H,45,51)/t33?,34-,36-,41-/m0/s1. The lowest BCUT2D eigenvalue weighted by Crippen LogP contribution is -2.65. The number of nitrogens with one attached hydrogen (secondary N) is 1. The van der Waals surface area contributed by atoms with Crippen molar-refractivity contribution >= 4 is 27.5 Å². The number of hydrogen-bond donors (Lipinski definition) is 1. The molecule has 7 rings (SSSR count). The van der Waals surface area contributed by atoms with Gasteiger partial charge in [-0.25, -0.2) is 26.4 Å². The molecule has 5 fully saturated rings. The SMILES string of the molecule is C=CC(=O)N1CCCC(S(=O)(=O)c2ccc(N3CC(F)(CN4CCC([C@@](CN5CCC5)(c5cccc(F)c5)[C@H]5CCC[C@@H]5NC(=O)OC)CC4)C3)c(F)c2)C1. The summed E-state index contributed by atoms with van der Waals surface area (Å²) in [4.78, 5) is 32.1. The molecule has 14 heteroatoms. The van der Waals surface area contributed by atoms with Crippen LogP contribution in [0.1, 0.15) is 56.9 Å². The fourth-order valence-electron chi connectivity index (χ4n) is 10.3. The van der Waals surface area contributed by atoms with E-state index in [0.29, 0.717) is 32.5 Å². The van der Waals surface area contributed by atoms with Gasteiger partial charge >= 0.3 is 6.09 Å². The topological polar surface area (TPSA) is 103 Å². The summed E-state index contributed by atoms with van der Waals surface area (Å²) in [5.41, 5.74) is -0.863. The zero-order chi connectivity index (χ0) is 39.0. The average Bonchev–Trinajstić information content (AvgIpc) is 3.61. The number of hydrogen-bond acceptors (Lipinski definition) is 8. The molecule has 10 nitrogen and oxygen atoms in total. The minimum Gasteiger partial charge on any atom is -0.453 e. The molecule has 0 radical (unpaired) electrons. The average molecular weight is 786 g/mol. The van der Waals surface area contributed by atoms with Crippen molar-refractivity contribution < 1.29 is 35.9 Å². The van der Waals surface area contributed by atoms with Gasteiger partial charge in [0.2, 0.25) is 5.91 Å². The molecule has 4 saturated heterocycles. The fraction of sp³-hybridized carbons (Fsp3) is 0.610. The van der Waals surface area contributed by atoms with E-state index < -0.39 is 38.1 Å². The Morgan fingerprint density at radius 3 is 2.38 bits per heavy atom. The van der Waals surface area contributed by atoms with E-state index in [2.05, 4.69) is 21.7 Å². The summed E-state index contributed by atoms with van der Waals surface area (Å²) in [6, 6.07) is 10.7. The van der Waals surface area contributed by atoms with Crippen molar-refractivity contribution in [3.8, 4) is 0 Å². The molecular weight excluding hydrogens is 732 g/mol. The predicted molar refractivity (Wildman–Crippen MR) is 204 cm³/mol. The van der Waals surface area contributed by atoms with E-state index in [1.165, 1.54) is 36.3 Å². The number of alkyl halides is 1. The van der Waals surface area contributed by atoms with Crippen molar-refractivity contribution in [2.45, 2.75) is 78.6 Å². The third kappa shape index (κ3) is 8.00. The lowest BCUT2D eigenvalue weighted by atomic mass is 9.57. The monoisotopic (exact) mass is 785 g/mol. The van der Waals surface area contributed by atoms with Gasteiger partial charge in [-0.1, -0.05) is 25.1 Å². The Labute approximate surface area is 323 Å².